The van der Waals surface area contributed by atoms with Gasteiger partial charge in [0.1, 0.15) is 0 Å². The van der Waals surface area contributed by atoms with Crippen LogP contribution in [0.1, 0.15) is 18.1 Å². The molecule has 0 unspecified atom stereocenters. The van der Waals surface area contributed by atoms with Gasteiger partial charge in [-0.25, -0.2) is 0 Å². The number of rotatable bonds is 3. The third-order valence-electron chi connectivity index (χ3n) is 3.35. The fourth-order valence-electron chi connectivity index (χ4n) is 2.30. The first kappa shape index (κ1) is 21.9. The van der Waals surface area contributed by atoms with Gasteiger partial charge in [0.2, 0.25) is 0 Å². The molecule has 0 nitrogen and oxygen atoms in total. The molecule has 0 aliphatic rings. The third kappa shape index (κ3) is 4.92. The molecular weight excluding hydrogens is 375 g/mol. The molecule has 0 aliphatic carbocycles. The molecule has 0 heterocycles. The summed E-state index contributed by atoms with van der Waals surface area (Å²) in [6, 6.07) is 4.99. The van der Waals surface area contributed by atoms with Crippen molar-refractivity contribution in [1.29, 1.82) is 0 Å². The van der Waals surface area contributed by atoms with Crippen LogP contribution in [0.3, 0.4) is 0 Å². The summed E-state index contributed by atoms with van der Waals surface area (Å²) in [5.41, 5.74) is -8.78. The quantitative estimate of drug-likeness (QED) is 0.389. The molecule has 1 aromatic carbocycles. The minimum absolute atomic E-state index is 0.295. The number of benzene rings is 1. The number of halogens is 9. The predicted octanol–water partition coefficient (Wildman–Crippen LogP) is 6.94. The van der Waals surface area contributed by atoms with Gasteiger partial charge in [-0.1, -0.05) is 42.5 Å². The van der Waals surface area contributed by atoms with Crippen molar-refractivity contribution < 1.29 is 39.5 Å². The van der Waals surface area contributed by atoms with E-state index in [-0.39, 0.29) is 5.56 Å². The normalized spacial score (nSPS) is 15.0. The van der Waals surface area contributed by atoms with E-state index < -0.39 is 40.8 Å². The second-order valence-corrected chi connectivity index (χ2v) is 5.29. The Bertz CT molecular complexity index is 741. The van der Waals surface area contributed by atoms with Gasteiger partial charge in [0.05, 0.1) is 16.7 Å². The standard InChI is InChI=1S/C17H13F9/c1-4-12(11-7-5-6-9(2)8-11)14(17(24,25)26)13(16(21,22)23)10(3)15(18,19)20/h4-8H,3H2,1-2H3/b12-4-,14-13-. The van der Waals surface area contributed by atoms with Gasteiger partial charge in [0, 0.05) is 0 Å². The molecule has 0 aliphatic heterocycles. The van der Waals surface area contributed by atoms with Gasteiger partial charge in [-0.2, -0.15) is 39.5 Å². The van der Waals surface area contributed by atoms with E-state index in [2.05, 4.69) is 6.58 Å². The molecule has 0 bridgehead atoms. The van der Waals surface area contributed by atoms with E-state index in [1.54, 1.807) is 0 Å². The highest BCUT2D eigenvalue weighted by Gasteiger charge is 2.52. The summed E-state index contributed by atoms with van der Waals surface area (Å²) in [4.78, 5) is 0. The van der Waals surface area contributed by atoms with Crippen molar-refractivity contribution in [2.75, 3.05) is 0 Å². The van der Waals surface area contributed by atoms with E-state index in [4.69, 9.17) is 0 Å². The Morgan fingerprint density at radius 1 is 0.846 bits per heavy atom. The van der Waals surface area contributed by atoms with Crippen LogP contribution in [0.15, 0.2) is 53.6 Å². The topological polar surface area (TPSA) is 0 Å². The molecule has 1 aromatic rings. The number of aryl methyl sites for hydroxylation is 1. The summed E-state index contributed by atoms with van der Waals surface area (Å²) in [7, 11) is 0. The van der Waals surface area contributed by atoms with Crippen molar-refractivity contribution >= 4 is 5.57 Å². The highest BCUT2D eigenvalue weighted by molar-refractivity contribution is 5.82. The van der Waals surface area contributed by atoms with Crippen LogP contribution in [0.5, 0.6) is 0 Å². The minimum Gasteiger partial charge on any atom is -0.166 e. The molecule has 0 aromatic heterocycles. The van der Waals surface area contributed by atoms with Crippen LogP contribution >= 0.6 is 0 Å². The first-order chi connectivity index (χ1) is 11.6. The Labute approximate surface area is 143 Å². The number of alkyl halides is 9. The SMILES string of the molecule is C=C(/C(=C(\C(=C/C)c1cccc(C)c1)C(F)(F)F)C(F)(F)F)C(F)(F)F. The van der Waals surface area contributed by atoms with Crippen molar-refractivity contribution in [2.24, 2.45) is 0 Å². The summed E-state index contributed by atoms with van der Waals surface area (Å²) in [5.74, 6) is 0. The van der Waals surface area contributed by atoms with Gasteiger partial charge in [-0.15, -0.1) is 0 Å². The Morgan fingerprint density at radius 2 is 1.35 bits per heavy atom. The first-order valence-electron chi connectivity index (χ1n) is 6.99. The Morgan fingerprint density at radius 3 is 1.69 bits per heavy atom. The van der Waals surface area contributed by atoms with Gasteiger partial charge in [0.25, 0.3) is 0 Å². The van der Waals surface area contributed by atoms with Crippen LogP contribution in [0.25, 0.3) is 5.57 Å². The maximum absolute atomic E-state index is 13.5. The molecule has 0 radical (unpaired) electrons. The zero-order valence-electron chi connectivity index (χ0n) is 13.5. The van der Waals surface area contributed by atoms with Crippen molar-refractivity contribution in [2.45, 2.75) is 32.4 Å². The monoisotopic (exact) mass is 388 g/mol. The Kier molecular flexibility index (Phi) is 6.05. The zero-order valence-corrected chi connectivity index (χ0v) is 13.5. The van der Waals surface area contributed by atoms with Crippen LogP contribution in [0.4, 0.5) is 39.5 Å². The second kappa shape index (κ2) is 7.20. The van der Waals surface area contributed by atoms with E-state index in [9.17, 15) is 39.5 Å². The number of hydrogen-bond donors (Lipinski definition) is 0. The van der Waals surface area contributed by atoms with E-state index in [0.717, 1.165) is 19.1 Å². The molecular formula is C17H13F9. The Balaban J connectivity index is 3.96. The van der Waals surface area contributed by atoms with Gasteiger partial charge >= 0.3 is 18.5 Å². The summed E-state index contributed by atoms with van der Waals surface area (Å²) in [5, 5.41) is 0. The molecule has 0 fully saturated rings. The molecule has 0 spiro atoms. The first-order valence-corrected chi connectivity index (χ1v) is 6.99. The number of hydrogen-bond acceptors (Lipinski definition) is 0. The summed E-state index contributed by atoms with van der Waals surface area (Å²) in [6.45, 7) is 4.71. The maximum Gasteiger partial charge on any atom is 0.417 e. The van der Waals surface area contributed by atoms with Crippen LogP contribution in [-0.2, 0) is 0 Å². The smallest absolute Gasteiger partial charge is 0.166 e. The lowest BCUT2D eigenvalue weighted by atomic mass is 9.89. The molecule has 0 atom stereocenters. The van der Waals surface area contributed by atoms with Crippen molar-refractivity contribution in [3.8, 4) is 0 Å². The lowest BCUT2D eigenvalue weighted by Gasteiger charge is -2.24. The van der Waals surface area contributed by atoms with E-state index in [0.29, 0.717) is 11.6 Å². The van der Waals surface area contributed by atoms with Crippen molar-refractivity contribution in [3.63, 3.8) is 0 Å². The zero-order chi connectivity index (χ0) is 20.5. The molecule has 1 rings (SSSR count). The maximum atomic E-state index is 13.5. The second-order valence-electron chi connectivity index (χ2n) is 5.29. The molecule has 0 amide bonds. The number of allylic oxidation sites excluding steroid dienone is 5. The summed E-state index contributed by atoms with van der Waals surface area (Å²) >= 11 is 0. The molecule has 26 heavy (non-hydrogen) atoms. The van der Waals surface area contributed by atoms with Gasteiger partial charge < -0.3 is 0 Å². The van der Waals surface area contributed by atoms with E-state index in [1.807, 2.05) is 0 Å². The summed E-state index contributed by atoms with van der Waals surface area (Å²) in [6.07, 6.45) is -16.6. The van der Waals surface area contributed by atoms with Crippen LogP contribution < -0.4 is 0 Å². The van der Waals surface area contributed by atoms with Gasteiger partial charge in [-0.05, 0) is 25.0 Å². The fourth-order valence-corrected chi connectivity index (χ4v) is 2.30. The largest absolute Gasteiger partial charge is 0.417 e. The highest BCUT2D eigenvalue weighted by Crippen LogP contribution is 2.48. The van der Waals surface area contributed by atoms with E-state index in [1.165, 1.54) is 19.1 Å². The average molecular weight is 388 g/mol. The summed E-state index contributed by atoms with van der Waals surface area (Å²) < 4.78 is 118. The average Bonchev–Trinajstić information content (AvgIpc) is 2.43. The lowest BCUT2D eigenvalue weighted by Crippen LogP contribution is -2.29. The van der Waals surface area contributed by atoms with Crippen molar-refractivity contribution in [1.82, 2.24) is 0 Å². The minimum atomic E-state index is -5.92. The van der Waals surface area contributed by atoms with Crippen LogP contribution in [0.2, 0.25) is 0 Å². The lowest BCUT2D eigenvalue weighted by molar-refractivity contribution is -0.127. The van der Waals surface area contributed by atoms with Gasteiger partial charge in [0.15, 0.2) is 0 Å². The molecule has 0 saturated heterocycles. The fraction of sp³-hybridized carbons (Fsp3) is 0.294. The Hall–Kier alpha value is -2.19. The molecule has 9 heteroatoms. The van der Waals surface area contributed by atoms with E-state index >= 15 is 0 Å². The molecule has 0 saturated carbocycles. The molecule has 144 valence electrons. The van der Waals surface area contributed by atoms with Gasteiger partial charge in [-0.3, -0.25) is 0 Å². The van der Waals surface area contributed by atoms with Crippen molar-refractivity contribution in [3.05, 3.63) is 64.8 Å². The predicted molar refractivity (Wildman–Crippen MR) is 79.2 cm³/mol. The molecule has 0 N–H and O–H groups in total. The van der Waals surface area contributed by atoms with Crippen LogP contribution in [-0.4, -0.2) is 18.5 Å². The third-order valence-corrected chi connectivity index (χ3v) is 3.35. The van der Waals surface area contributed by atoms with Crippen LogP contribution in [0, 0.1) is 6.92 Å². The highest BCUT2D eigenvalue weighted by atomic mass is 19.4.